The third kappa shape index (κ3) is 20.4. The molecule has 0 spiro atoms. The monoisotopic (exact) mass is 326 g/mol. The van der Waals surface area contributed by atoms with Gasteiger partial charge in [-0.2, -0.15) is 0 Å². The van der Waals surface area contributed by atoms with E-state index in [2.05, 4.69) is 16.2 Å². The van der Waals surface area contributed by atoms with Gasteiger partial charge in [-0.1, -0.05) is 122 Å². The number of hydrogen-bond donors (Lipinski definition) is 0. The van der Waals surface area contributed by atoms with Crippen LogP contribution in [0.25, 0.3) is 0 Å². The Labute approximate surface area is 144 Å². The average molecular weight is 327 g/mol. The van der Waals surface area contributed by atoms with Crippen molar-refractivity contribution in [3.8, 4) is 0 Å². The minimum Gasteiger partial charge on any atom is -0.0654 e. The van der Waals surface area contributed by atoms with Crippen molar-refractivity contribution in [2.24, 2.45) is 0 Å². The predicted molar refractivity (Wildman–Crippen MR) is 105 cm³/mol. The zero-order valence-electron chi connectivity index (χ0n) is 15.6. The zero-order valence-corrected chi connectivity index (χ0v) is 16.5. The van der Waals surface area contributed by atoms with E-state index < -0.39 is 0 Å². The molecule has 0 N–H and O–H groups in total. The molecular weight excluding hydrogens is 283 g/mol. The Morgan fingerprint density at radius 1 is 0.364 bits per heavy atom. The second kappa shape index (κ2) is 21.4. The van der Waals surface area contributed by atoms with Gasteiger partial charge < -0.3 is 0 Å². The maximum atomic E-state index is 4.26. The highest BCUT2D eigenvalue weighted by atomic mass is 31.0. The highest BCUT2D eigenvalue weighted by molar-refractivity contribution is 7.16. The molecule has 0 bridgehead atoms. The minimum absolute atomic E-state index is 1.07. The fourth-order valence-electron chi connectivity index (χ4n) is 3.19. The molecule has 0 heterocycles. The molecule has 0 aromatic rings. The molecule has 0 aliphatic carbocycles. The molecule has 0 rings (SSSR count). The summed E-state index contributed by atoms with van der Waals surface area (Å²) in [6.07, 6.45) is 28.7. The van der Waals surface area contributed by atoms with Gasteiger partial charge in [0.25, 0.3) is 0 Å². The van der Waals surface area contributed by atoms with Crippen molar-refractivity contribution < 1.29 is 0 Å². The summed E-state index contributed by atoms with van der Waals surface area (Å²) >= 11 is 0. The summed E-state index contributed by atoms with van der Waals surface area (Å²) in [6, 6.07) is 0. The second-order valence-corrected chi connectivity index (χ2v) is 7.53. The van der Waals surface area contributed by atoms with Crippen LogP contribution in [0, 0.1) is 0 Å². The van der Waals surface area contributed by atoms with Gasteiger partial charge >= 0.3 is 0 Å². The van der Waals surface area contributed by atoms with Crippen molar-refractivity contribution in [2.45, 2.75) is 129 Å². The van der Waals surface area contributed by atoms with E-state index in [1.807, 2.05) is 0 Å². The van der Waals surface area contributed by atoms with Crippen LogP contribution in [0.3, 0.4) is 0 Å². The van der Waals surface area contributed by atoms with Crippen molar-refractivity contribution in [1.29, 1.82) is 0 Å². The van der Waals surface area contributed by atoms with Crippen molar-refractivity contribution in [3.63, 3.8) is 0 Å². The third-order valence-electron chi connectivity index (χ3n) is 4.76. The van der Waals surface area contributed by atoms with E-state index in [9.17, 15) is 0 Å². The van der Waals surface area contributed by atoms with Crippen LogP contribution in [0.5, 0.6) is 0 Å². The highest BCUT2D eigenvalue weighted by Crippen LogP contribution is 2.14. The van der Waals surface area contributed by atoms with Crippen LogP contribution in [0.1, 0.15) is 129 Å². The molecular formula is C21H43P. The standard InChI is InChI=1S/C21H43P/c1-2-3-4-5-6-7-8-9-10-11-12-13-14-15-16-17-18-19-20-21-22/h2-21H2,1H3. The van der Waals surface area contributed by atoms with Crippen molar-refractivity contribution >= 4 is 9.24 Å². The Balaban J connectivity index is 2.91. The summed E-state index contributed by atoms with van der Waals surface area (Å²) in [7, 11) is 4.26. The van der Waals surface area contributed by atoms with Gasteiger partial charge in [0.15, 0.2) is 0 Å². The quantitative estimate of drug-likeness (QED) is 0.164. The molecule has 0 aromatic heterocycles. The van der Waals surface area contributed by atoms with Gasteiger partial charge in [-0.15, -0.1) is 0 Å². The van der Waals surface area contributed by atoms with Gasteiger partial charge in [-0.05, 0) is 21.8 Å². The Morgan fingerprint density at radius 2 is 0.591 bits per heavy atom. The summed E-state index contributed by atoms with van der Waals surface area (Å²) in [5, 5.41) is 0. The molecule has 0 saturated carbocycles. The Morgan fingerprint density at radius 3 is 0.818 bits per heavy atom. The van der Waals surface area contributed by atoms with Crippen LogP contribution in [-0.2, 0) is 0 Å². The Hall–Kier alpha value is 0.430. The lowest BCUT2D eigenvalue weighted by atomic mass is 10.0. The molecule has 0 atom stereocenters. The molecule has 0 nitrogen and oxygen atoms in total. The Bertz CT molecular complexity index is 159. The topological polar surface area (TPSA) is 0 Å². The fourth-order valence-corrected chi connectivity index (χ4v) is 3.41. The first-order valence-corrected chi connectivity index (χ1v) is 11.2. The molecule has 2 radical (unpaired) electrons. The molecule has 0 amide bonds. The van der Waals surface area contributed by atoms with E-state index in [0.29, 0.717) is 0 Å². The SMILES string of the molecule is CCCCCCCCCCCCCCCCCCCCC[P]. The lowest BCUT2D eigenvalue weighted by Gasteiger charge is -2.03. The number of hydrogen-bond acceptors (Lipinski definition) is 0. The first-order valence-electron chi connectivity index (χ1n) is 10.5. The van der Waals surface area contributed by atoms with E-state index >= 15 is 0 Å². The highest BCUT2D eigenvalue weighted by Gasteiger charge is 1.94. The molecule has 22 heavy (non-hydrogen) atoms. The average Bonchev–Trinajstić information content (AvgIpc) is 2.54. The minimum atomic E-state index is 1.07. The summed E-state index contributed by atoms with van der Waals surface area (Å²) in [6.45, 7) is 2.30. The molecule has 0 fully saturated rings. The second-order valence-electron chi connectivity index (χ2n) is 7.09. The van der Waals surface area contributed by atoms with Crippen LogP contribution < -0.4 is 0 Å². The van der Waals surface area contributed by atoms with Gasteiger partial charge in [0.05, 0.1) is 0 Å². The maximum absolute atomic E-state index is 4.26. The Kier molecular flexibility index (Phi) is 21.8. The predicted octanol–water partition coefficient (Wildman–Crippen LogP) is 8.83. The normalized spacial score (nSPS) is 11.2. The van der Waals surface area contributed by atoms with Gasteiger partial charge in [-0.3, -0.25) is 0 Å². The largest absolute Gasteiger partial charge is 0.0654 e. The van der Waals surface area contributed by atoms with Crippen LogP contribution in [0.4, 0.5) is 0 Å². The van der Waals surface area contributed by atoms with Crippen LogP contribution in [0.15, 0.2) is 0 Å². The van der Waals surface area contributed by atoms with Gasteiger partial charge in [-0.25, -0.2) is 0 Å². The van der Waals surface area contributed by atoms with Crippen LogP contribution >= 0.6 is 9.24 Å². The third-order valence-corrected chi connectivity index (χ3v) is 5.08. The number of rotatable bonds is 19. The van der Waals surface area contributed by atoms with E-state index in [1.165, 1.54) is 122 Å². The van der Waals surface area contributed by atoms with E-state index in [1.54, 1.807) is 0 Å². The summed E-state index contributed by atoms with van der Waals surface area (Å²) < 4.78 is 0. The number of unbranched alkanes of at least 4 members (excludes halogenated alkanes) is 18. The smallest absolute Gasteiger partial charge is 0.0242 e. The van der Waals surface area contributed by atoms with Gasteiger partial charge in [0.2, 0.25) is 0 Å². The van der Waals surface area contributed by atoms with Crippen LogP contribution in [0.2, 0.25) is 0 Å². The first kappa shape index (κ1) is 22.4. The van der Waals surface area contributed by atoms with E-state index in [0.717, 1.165) is 6.16 Å². The lowest BCUT2D eigenvalue weighted by molar-refractivity contribution is 0.524. The van der Waals surface area contributed by atoms with Crippen LogP contribution in [-0.4, -0.2) is 6.16 Å². The fraction of sp³-hybridized carbons (Fsp3) is 1.00. The lowest BCUT2D eigenvalue weighted by Crippen LogP contribution is -1.84. The van der Waals surface area contributed by atoms with Crippen molar-refractivity contribution in [2.75, 3.05) is 6.16 Å². The zero-order chi connectivity index (χ0) is 16.1. The van der Waals surface area contributed by atoms with E-state index in [-0.39, 0.29) is 0 Å². The first-order chi connectivity index (χ1) is 10.9. The molecule has 0 aliphatic heterocycles. The van der Waals surface area contributed by atoms with Crippen molar-refractivity contribution in [3.05, 3.63) is 0 Å². The molecule has 1 heteroatoms. The summed E-state index contributed by atoms with van der Waals surface area (Å²) in [5.41, 5.74) is 0. The molecule has 0 saturated heterocycles. The van der Waals surface area contributed by atoms with E-state index in [4.69, 9.17) is 0 Å². The van der Waals surface area contributed by atoms with Gasteiger partial charge in [0, 0.05) is 0 Å². The molecule has 0 aliphatic rings. The molecule has 0 unspecified atom stereocenters. The molecule has 132 valence electrons. The summed E-state index contributed by atoms with van der Waals surface area (Å²) in [5.74, 6) is 0. The van der Waals surface area contributed by atoms with Gasteiger partial charge in [0.1, 0.15) is 0 Å². The maximum Gasteiger partial charge on any atom is -0.0242 e. The van der Waals surface area contributed by atoms with Crippen molar-refractivity contribution in [1.82, 2.24) is 0 Å². The molecule has 0 aromatic carbocycles. The summed E-state index contributed by atoms with van der Waals surface area (Å²) in [4.78, 5) is 0.